The van der Waals surface area contributed by atoms with Gasteiger partial charge in [-0.15, -0.1) is 0 Å². The molecule has 2 saturated carbocycles. The Balaban J connectivity index is 1.23. The Kier molecular flexibility index (Phi) is 4.11. The van der Waals surface area contributed by atoms with Crippen molar-refractivity contribution in [3.05, 3.63) is 70.2 Å². The molecule has 2 aromatic rings. The van der Waals surface area contributed by atoms with Crippen molar-refractivity contribution < 1.29 is 14.4 Å². The summed E-state index contributed by atoms with van der Waals surface area (Å²) in [4.78, 5) is 40.3. The molecule has 156 valence electrons. The van der Waals surface area contributed by atoms with Crippen molar-refractivity contribution in [2.45, 2.75) is 6.42 Å². The third-order valence-corrected chi connectivity index (χ3v) is 7.78. The Morgan fingerprint density at radius 2 is 1.52 bits per heavy atom. The summed E-state index contributed by atoms with van der Waals surface area (Å²) in [6.45, 7) is 0. The molecule has 7 heteroatoms. The number of amides is 3. The van der Waals surface area contributed by atoms with Crippen LogP contribution in [0.4, 0.5) is 11.4 Å². The minimum Gasteiger partial charge on any atom is -0.321 e. The number of imide groups is 1. The second kappa shape index (κ2) is 6.68. The number of nitrogens with one attached hydrogen (secondary N) is 1. The highest BCUT2D eigenvalue weighted by atomic mass is 35.5. The summed E-state index contributed by atoms with van der Waals surface area (Å²) in [5.41, 5.74) is 1.36. The fraction of sp³-hybridized carbons (Fsp3) is 0.292. The number of anilines is 2. The SMILES string of the molecule is O=C(Nc1ccc(Cl)cc1Cl)c1ccc(N2C(=O)[C@@H]3[C@H]4C=C[C@@H]([C@@H]5C[C@@H]45)[C@H]3C2=O)cc1. The topological polar surface area (TPSA) is 66.5 Å². The Morgan fingerprint density at radius 1 is 0.903 bits per heavy atom. The van der Waals surface area contributed by atoms with E-state index in [-0.39, 0.29) is 41.4 Å². The van der Waals surface area contributed by atoms with Crippen LogP contribution in [-0.2, 0) is 9.59 Å². The monoisotopic (exact) mass is 452 g/mol. The van der Waals surface area contributed by atoms with Crippen molar-refractivity contribution in [2.24, 2.45) is 35.5 Å². The Hall–Kier alpha value is -2.63. The molecule has 4 aliphatic carbocycles. The molecule has 1 N–H and O–H groups in total. The van der Waals surface area contributed by atoms with Gasteiger partial charge in [-0.25, -0.2) is 0 Å². The van der Waals surface area contributed by atoms with Gasteiger partial charge in [-0.1, -0.05) is 35.4 Å². The molecule has 2 bridgehead atoms. The molecule has 5 nitrogen and oxygen atoms in total. The first-order chi connectivity index (χ1) is 14.9. The van der Waals surface area contributed by atoms with Gasteiger partial charge in [0.1, 0.15) is 0 Å². The molecule has 5 aliphatic rings. The van der Waals surface area contributed by atoms with Crippen molar-refractivity contribution in [3.8, 4) is 0 Å². The zero-order valence-electron chi connectivity index (χ0n) is 16.3. The van der Waals surface area contributed by atoms with E-state index in [4.69, 9.17) is 23.2 Å². The van der Waals surface area contributed by atoms with Gasteiger partial charge >= 0.3 is 0 Å². The third-order valence-electron chi connectivity index (χ3n) is 7.23. The minimum absolute atomic E-state index is 0.107. The van der Waals surface area contributed by atoms with Crippen LogP contribution in [0.5, 0.6) is 0 Å². The fourth-order valence-corrected chi connectivity index (χ4v) is 6.21. The van der Waals surface area contributed by atoms with Crippen LogP contribution >= 0.6 is 23.2 Å². The molecule has 2 aromatic carbocycles. The molecular formula is C24H18Cl2N2O3. The first-order valence-electron chi connectivity index (χ1n) is 10.4. The zero-order chi connectivity index (χ0) is 21.4. The number of halogens is 2. The second-order valence-electron chi connectivity index (χ2n) is 8.79. The molecular weight excluding hydrogens is 435 g/mol. The van der Waals surface area contributed by atoms with Crippen molar-refractivity contribution in [1.29, 1.82) is 0 Å². The average molecular weight is 453 g/mol. The second-order valence-corrected chi connectivity index (χ2v) is 9.64. The maximum atomic E-state index is 13.2. The standard InChI is InChI=1S/C24H18Cl2N2O3/c25-12-3-8-19(18(26)9-12)27-22(29)11-1-4-13(5-2-11)28-23(30)20-14-6-7-15(17-10-16(14)17)21(20)24(28)31/h1-9,14-17,20-21H,10H2,(H,27,29)/t14-,15-,16-,17-,20+,21+/m0/s1. The van der Waals surface area contributed by atoms with Gasteiger partial charge in [0.2, 0.25) is 11.8 Å². The summed E-state index contributed by atoms with van der Waals surface area (Å²) >= 11 is 12.0. The molecule has 3 amide bonds. The molecule has 0 unspecified atom stereocenters. The van der Waals surface area contributed by atoms with Crippen molar-refractivity contribution in [2.75, 3.05) is 10.2 Å². The average Bonchev–Trinajstić information content (AvgIpc) is 3.54. The molecule has 0 radical (unpaired) electrons. The highest BCUT2D eigenvalue weighted by molar-refractivity contribution is 6.36. The lowest BCUT2D eigenvalue weighted by Crippen LogP contribution is -2.40. The number of carbonyl (C=O) groups excluding carboxylic acids is 3. The summed E-state index contributed by atoms with van der Waals surface area (Å²) in [6, 6.07) is 11.4. The first kappa shape index (κ1) is 19.1. The quantitative estimate of drug-likeness (QED) is 0.536. The molecule has 3 fully saturated rings. The van der Waals surface area contributed by atoms with Gasteiger partial charge in [-0.3, -0.25) is 19.3 Å². The maximum Gasteiger partial charge on any atom is 0.255 e. The molecule has 7 rings (SSSR count). The van der Waals surface area contributed by atoms with Crippen LogP contribution in [0.25, 0.3) is 0 Å². The number of rotatable bonds is 3. The van der Waals surface area contributed by atoms with E-state index in [0.29, 0.717) is 38.8 Å². The largest absolute Gasteiger partial charge is 0.321 e. The van der Waals surface area contributed by atoms with Crippen molar-refractivity contribution >= 4 is 52.3 Å². The van der Waals surface area contributed by atoms with E-state index >= 15 is 0 Å². The van der Waals surface area contributed by atoms with Crippen LogP contribution < -0.4 is 10.2 Å². The number of hydrogen-bond acceptors (Lipinski definition) is 3. The van der Waals surface area contributed by atoms with Crippen LogP contribution in [0, 0.1) is 35.5 Å². The van der Waals surface area contributed by atoms with Gasteiger partial charge in [-0.2, -0.15) is 0 Å². The van der Waals surface area contributed by atoms with Crippen LogP contribution in [0.2, 0.25) is 10.0 Å². The normalized spacial score (nSPS) is 32.1. The van der Waals surface area contributed by atoms with E-state index < -0.39 is 0 Å². The van der Waals surface area contributed by atoms with Gasteiger partial charge in [0.05, 0.1) is 28.2 Å². The molecule has 6 atom stereocenters. The van der Waals surface area contributed by atoms with E-state index in [1.807, 2.05) is 0 Å². The predicted molar refractivity (Wildman–Crippen MR) is 118 cm³/mol. The lowest BCUT2D eigenvalue weighted by atomic mass is 9.63. The molecule has 1 heterocycles. The smallest absolute Gasteiger partial charge is 0.255 e. The van der Waals surface area contributed by atoms with E-state index in [9.17, 15) is 14.4 Å². The molecule has 0 aromatic heterocycles. The Bertz CT molecular complexity index is 1140. The van der Waals surface area contributed by atoms with E-state index in [2.05, 4.69) is 17.5 Å². The lowest BCUT2D eigenvalue weighted by Gasteiger charge is -2.37. The van der Waals surface area contributed by atoms with Gasteiger partial charge in [-0.05, 0) is 72.6 Å². The Morgan fingerprint density at radius 3 is 2.10 bits per heavy atom. The van der Waals surface area contributed by atoms with Crippen molar-refractivity contribution in [3.63, 3.8) is 0 Å². The molecule has 31 heavy (non-hydrogen) atoms. The summed E-state index contributed by atoms with van der Waals surface area (Å²) in [5, 5.41) is 3.57. The molecule has 0 spiro atoms. The van der Waals surface area contributed by atoms with Gasteiger partial charge in [0.15, 0.2) is 0 Å². The lowest BCUT2D eigenvalue weighted by molar-refractivity contribution is -0.124. The summed E-state index contributed by atoms with van der Waals surface area (Å²) in [7, 11) is 0. The van der Waals surface area contributed by atoms with Gasteiger partial charge in [0.25, 0.3) is 5.91 Å². The number of carbonyl (C=O) groups is 3. The maximum absolute atomic E-state index is 13.2. The minimum atomic E-state index is -0.342. The van der Waals surface area contributed by atoms with Crippen LogP contribution in [0.15, 0.2) is 54.6 Å². The van der Waals surface area contributed by atoms with Crippen LogP contribution in [0.1, 0.15) is 16.8 Å². The highest BCUT2D eigenvalue weighted by Gasteiger charge is 2.67. The number of hydrogen-bond donors (Lipinski definition) is 1. The first-order valence-corrected chi connectivity index (χ1v) is 11.1. The van der Waals surface area contributed by atoms with E-state index in [1.165, 1.54) is 4.90 Å². The highest BCUT2D eigenvalue weighted by Crippen LogP contribution is 2.65. The molecule has 1 aliphatic heterocycles. The number of benzene rings is 2. The van der Waals surface area contributed by atoms with Crippen molar-refractivity contribution in [1.82, 2.24) is 0 Å². The van der Waals surface area contributed by atoms with Gasteiger partial charge in [0, 0.05) is 10.6 Å². The van der Waals surface area contributed by atoms with Crippen LogP contribution in [-0.4, -0.2) is 17.7 Å². The van der Waals surface area contributed by atoms with E-state index in [0.717, 1.165) is 6.42 Å². The predicted octanol–water partition coefficient (Wildman–Crippen LogP) is 4.80. The number of allylic oxidation sites excluding steroid dienone is 2. The Labute approximate surface area is 189 Å². The number of nitrogens with zero attached hydrogens (tertiary/aromatic N) is 1. The fourth-order valence-electron chi connectivity index (χ4n) is 5.76. The van der Waals surface area contributed by atoms with Crippen LogP contribution in [0.3, 0.4) is 0 Å². The summed E-state index contributed by atoms with van der Waals surface area (Å²) < 4.78 is 0. The van der Waals surface area contributed by atoms with Gasteiger partial charge < -0.3 is 5.32 Å². The summed E-state index contributed by atoms with van der Waals surface area (Å²) in [6.07, 6.45) is 5.45. The van der Waals surface area contributed by atoms with E-state index in [1.54, 1.807) is 42.5 Å². The molecule has 1 saturated heterocycles. The zero-order valence-corrected chi connectivity index (χ0v) is 17.8. The third kappa shape index (κ3) is 2.80. The summed E-state index contributed by atoms with van der Waals surface area (Å²) in [5.74, 6) is 0.492.